The third kappa shape index (κ3) is 3.85. The van der Waals surface area contributed by atoms with Gasteiger partial charge in [0.2, 0.25) is 0 Å². The van der Waals surface area contributed by atoms with Crippen LogP contribution >= 0.6 is 15.9 Å². The van der Waals surface area contributed by atoms with Gasteiger partial charge in [0, 0.05) is 4.47 Å². The lowest BCUT2D eigenvalue weighted by Gasteiger charge is -2.08. The van der Waals surface area contributed by atoms with Gasteiger partial charge in [-0.25, -0.2) is 0 Å². The Kier molecular flexibility index (Phi) is 5.20. The molecule has 0 aliphatic carbocycles. The Morgan fingerprint density at radius 3 is 2.55 bits per heavy atom. The molecule has 0 saturated carbocycles. The summed E-state index contributed by atoms with van der Waals surface area (Å²) in [6.45, 7) is 2.19. The third-order valence-electron chi connectivity index (χ3n) is 3.03. The molecule has 0 unspecified atom stereocenters. The van der Waals surface area contributed by atoms with Gasteiger partial charge in [0.15, 0.2) is 0 Å². The minimum atomic E-state index is 0.531. The average Bonchev–Trinajstić information content (AvgIpc) is 2.47. The summed E-state index contributed by atoms with van der Waals surface area (Å²) in [7, 11) is 0. The number of unbranched alkanes of at least 4 members (excludes halogenated alkanes) is 1. The van der Waals surface area contributed by atoms with Crippen molar-refractivity contribution in [3.63, 3.8) is 0 Å². The first-order chi connectivity index (χ1) is 9.72. The Morgan fingerprint density at radius 2 is 1.90 bits per heavy atom. The molecule has 0 radical (unpaired) electrons. The summed E-state index contributed by atoms with van der Waals surface area (Å²) in [5.41, 5.74) is 1.84. The Morgan fingerprint density at radius 1 is 1.15 bits per heavy atom. The summed E-state index contributed by atoms with van der Waals surface area (Å²) in [5.74, 6) is 1.32. The van der Waals surface area contributed by atoms with E-state index in [2.05, 4.69) is 41.1 Å². The predicted octanol–water partition coefficient (Wildman–Crippen LogP) is 5.46. The normalized spacial score (nSPS) is 10.1. The van der Waals surface area contributed by atoms with Gasteiger partial charge in [-0.15, -0.1) is 0 Å². The molecule has 0 N–H and O–H groups in total. The zero-order valence-corrected chi connectivity index (χ0v) is 13.0. The molecule has 0 fully saturated rings. The number of hydrogen-bond donors (Lipinski definition) is 0. The zero-order chi connectivity index (χ0) is 14.4. The first kappa shape index (κ1) is 14.6. The van der Waals surface area contributed by atoms with Crippen LogP contribution in [0.15, 0.2) is 46.9 Å². The van der Waals surface area contributed by atoms with Crippen LogP contribution in [0.2, 0.25) is 0 Å². The fourth-order valence-electron chi connectivity index (χ4n) is 1.91. The highest BCUT2D eigenvalue weighted by atomic mass is 79.9. The molecule has 0 spiro atoms. The van der Waals surface area contributed by atoms with Crippen LogP contribution in [0, 0.1) is 11.3 Å². The minimum absolute atomic E-state index is 0.531. The van der Waals surface area contributed by atoms with Gasteiger partial charge in [0.25, 0.3) is 0 Å². The summed E-state index contributed by atoms with van der Waals surface area (Å²) in [4.78, 5) is 0. The second-order valence-corrected chi connectivity index (χ2v) is 5.52. The highest BCUT2D eigenvalue weighted by molar-refractivity contribution is 9.10. The Hall–Kier alpha value is -1.79. The molecule has 3 heteroatoms. The van der Waals surface area contributed by atoms with Crippen LogP contribution in [-0.2, 0) is 6.42 Å². The second kappa shape index (κ2) is 7.12. The molecule has 2 aromatic carbocycles. The molecule has 0 amide bonds. The van der Waals surface area contributed by atoms with E-state index in [0.717, 1.165) is 16.6 Å². The molecule has 0 aliphatic rings. The van der Waals surface area contributed by atoms with Crippen LogP contribution in [0.4, 0.5) is 0 Å². The van der Waals surface area contributed by atoms with Crippen molar-refractivity contribution in [1.29, 1.82) is 5.26 Å². The van der Waals surface area contributed by atoms with E-state index in [1.807, 2.05) is 24.3 Å². The molecule has 0 aromatic heterocycles. The first-order valence-electron chi connectivity index (χ1n) is 6.69. The Labute approximate surface area is 128 Å². The summed E-state index contributed by atoms with van der Waals surface area (Å²) < 4.78 is 6.68. The topological polar surface area (TPSA) is 33.0 Å². The Bertz CT molecular complexity index is 614. The molecule has 2 aromatic rings. The van der Waals surface area contributed by atoms with Crippen LogP contribution in [0.3, 0.4) is 0 Å². The number of rotatable bonds is 5. The zero-order valence-electron chi connectivity index (χ0n) is 11.4. The van der Waals surface area contributed by atoms with Crippen molar-refractivity contribution in [2.75, 3.05) is 0 Å². The second-order valence-electron chi connectivity index (χ2n) is 4.60. The van der Waals surface area contributed by atoms with Crippen molar-refractivity contribution < 1.29 is 4.74 Å². The van der Waals surface area contributed by atoms with Crippen molar-refractivity contribution in [1.82, 2.24) is 0 Å². The van der Waals surface area contributed by atoms with E-state index in [1.165, 1.54) is 18.4 Å². The lowest BCUT2D eigenvalue weighted by molar-refractivity contribution is 0.480. The fraction of sp³-hybridized carbons (Fsp3) is 0.235. The summed E-state index contributed by atoms with van der Waals surface area (Å²) in [5, 5.41) is 9.08. The monoisotopic (exact) mass is 329 g/mol. The number of aryl methyl sites for hydroxylation is 1. The Balaban J connectivity index is 2.14. The largest absolute Gasteiger partial charge is 0.456 e. The highest BCUT2D eigenvalue weighted by Crippen LogP contribution is 2.28. The standard InChI is InChI=1S/C17H16BrNO/c1-2-3-4-13-5-9-16(10-6-13)20-17-11-15(18)8-7-14(17)12-19/h5-11H,2-4H2,1H3. The number of benzene rings is 2. The van der Waals surface area contributed by atoms with Gasteiger partial charge in [0.05, 0.1) is 5.56 Å². The summed E-state index contributed by atoms with van der Waals surface area (Å²) in [6.07, 6.45) is 3.49. The van der Waals surface area contributed by atoms with E-state index < -0.39 is 0 Å². The van der Waals surface area contributed by atoms with Gasteiger partial charge >= 0.3 is 0 Å². The van der Waals surface area contributed by atoms with Crippen molar-refractivity contribution in [3.05, 3.63) is 58.1 Å². The van der Waals surface area contributed by atoms with Gasteiger partial charge in [-0.3, -0.25) is 0 Å². The van der Waals surface area contributed by atoms with Crippen LogP contribution in [0.5, 0.6) is 11.5 Å². The lowest BCUT2D eigenvalue weighted by atomic mass is 10.1. The van der Waals surface area contributed by atoms with Crippen molar-refractivity contribution in [3.8, 4) is 17.6 Å². The molecule has 0 aliphatic heterocycles. The number of hydrogen-bond acceptors (Lipinski definition) is 2. The first-order valence-corrected chi connectivity index (χ1v) is 7.48. The van der Waals surface area contributed by atoms with Crippen LogP contribution in [-0.4, -0.2) is 0 Å². The van der Waals surface area contributed by atoms with Gasteiger partial charge in [-0.1, -0.05) is 41.4 Å². The highest BCUT2D eigenvalue weighted by Gasteiger charge is 2.05. The van der Waals surface area contributed by atoms with Crippen molar-refractivity contribution >= 4 is 15.9 Å². The molecule has 0 bridgehead atoms. The fourth-order valence-corrected chi connectivity index (χ4v) is 2.25. The van der Waals surface area contributed by atoms with Gasteiger partial charge < -0.3 is 4.74 Å². The van der Waals surface area contributed by atoms with E-state index >= 15 is 0 Å². The average molecular weight is 330 g/mol. The number of nitriles is 1. The molecule has 102 valence electrons. The summed E-state index contributed by atoms with van der Waals surface area (Å²) >= 11 is 3.39. The third-order valence-corrected chi connectivity index (χ3v) is 3.53. The number of ether oxygens (including phenoxy) is 1. The molecule has 0 heterocycles. The molecule has 0 atom stereocenters. The van der Waals surface area contributed by atoms with Gasteiger partial charge in [-0.2, -0.15) is 5.26 Å². The molecule has 0 saturated heterocycles. The minimum Gasteiger partial charge on any atom is -0.456 e. The maximum atomic E-state index is 9.08. The van der Waals surface area contributed by atoms with Gasteiger partial charge in [-0.05, 0) is 48.7 Å². The van der Waals surface area contributed by atoms with E-state index in [0.29, 0.717) is 11.3 Å². The van der Waals surface area contributed by atoms with E-state index in [-0.39, 0.29) is 0 Å². The SMILES string of the molecule is CCCCc1ccc(Oc2cc(Br)ccc2C#N)cc1. The molecular formula is C17H16BrNO. The number of nitrogens with zero attached hydrogens (tertiary/aromatic N) is 1. The van der Waals surface area contributed by atoms with Crippen molar-refractivity contribution in [2.24, 2.45) is 0 Å². The maximum absolute atomic E-state index is 9.08. The molecule has 20 heavy (non-hydrogen) atoms. The van der Waals surface area contributed by atoms with Crippen LogP contribution in [0.25, 0.3) is 0 Å². The predicted molar refractivity (Wildman–Crippen MR) is 84.0 cm³/mol. The quantitative estimate of drug-likeness (QED) is 0.730. The molecular weight excluding hydrogens is 314 g/mol. The smallest absolute Gasteiger partial charge is 0.146 e. The van der Waals surface area contributed by atoms with Crippen molar-refractivity contribution in [2.45, 2.75) is 26.2 Å². The molecule has 2 rings (SSSR count). The van der Waals surface area contributed by atoms with E-state index in [4.69, 9.17) is 10.00 Å². The van der Waals surface area contributed by atoms with Crippen LogP contribution < -0.4 is 4.74 Å². The van der Waals surface area contributed by atoms with Crippen LogP contribution in [0.1, 0.15) is 30.9 Å². The van der Waals surface area contributed by atoms with E-state index in [1.54, 1.807) is 6.07 Å². The number of halogens is 1. The molecule has 2 nitrogen and oxygen atoms in total. The maximum Gasteiger partial charge on any atom is 0.146 e. The summed E-state index contributed by atoms with van der Waals surface area (Å²) in [6, 6.07) is 15.6. The van der Waals surface area contributed by atoms with Gasteiger partial charge in [0.1, 0.15) is 17.6 Å². The lowest BCUT2D eigenvalue weighted by Crippen LogP contribution is -1.90. The van der Waals surface area contributed by atoms with E-state index in [9.17, 15) is 0 Å².